The molecule has 1 heteroatoms. The van der Waals surface area contributed by atoms with Crippen molar-refractivity contribution in [2.75, 3.05) is 13.2 Å². The molecule has 2 rings (SSSR count). The molecule has 2 aliphatic rings. The minimum Gasteiger partial charge on any atom is -0.381 e. The van der Waals surface area contributed by atoms with Crippen molar-refractivity contribution >= 4 is 0 Å². The number of ether oxygens (including phenoxy) is 1. The van der Waals surface area contributed by atoms with Gasteiger partial charge in [-0.05, 0) is 36.5 Å². The molecule has 1 spiro atoms. The van der Waals surface area contributed by atoms with Crippen LogP contribution in [0.4, 0.5) is 0 Å². The van der Waals surface area contributed by atoms with Crippen LogP contribution in [-0.4, -0.2) is 13.2 Å². The molecule has 0 bridgehead atoms. The molecule has 12 heavy (non-hydrogen) atoms. The first-order valence-electron chi connectivity index (χ1n) is 5.32. The Kier molecular flexibility index (Phi) is 2.16. The van der Waals surface area contributed by atoms with Crippen molar-refractivity contribution in [1.82, 2.24) is 0 Å². The van der Waals surface area contributed by atoms with Crippen molar-refractivity contribution in [2.24, 2.45) is 17.3 Å². The highest BCUT2D eigenvalue weighted by Crippen LogP contribution is 2.52. The molecular formula is C11H20O. The monoisotopic (exact) mass is 168 g/mol. The van der Waals surface area contributed by atoms with Gasteiger partial charge in [0.25, 0.3) is 0 Å². The van der Waals surface area contributed by atoms with Crippen LogP contribution >= 0.6 is 0 Å². The fourth-order valence-corrected chi connectivity index (χ4v) is 3.09. The largest absolute Gasteiger partial charge is 0.381 e. The number of rotatable bonds is 1. The van der Waals surface area contributed by atoms with E-state index in [0.29, 0.717) is 5.41 Å². The Bertz CT molecular complexity index is 158. The van der Waals surface area contributed by atoms with E-state index in [1.165, 1.54) is 25.7 Å². The summed E-state index contributed by atoms with van der Waals surface area (Å²) in [5, 5.41) is 0. The minimum atomic E-state index is 0.617. The zero-order chi connectivity index (χ0) is 8.60. The molecule has 2 fully saturated rings. The zero-order valence-corrected chi connectivity index (χ0v) is 8.31. The molecule has 0 aromatic heterocycles. The molecule has 0 amide bonds. The first-order chi connectivity index (χ1) is 5.75. The molecule has 0 aromatic carbocycles. The van der Waals surface area contributed by atoms with Crippen LogP contribution in [0.15, 0.2) is 0 Å². The van der Waals surface area contributed by atoms with Crippen molar-refractivity contribution < 1.29 is 4.74 Å². The van der Waals surface area contributed by atoms with Crippen LogP contribution in [0.5, 0.6) is 0 Å². The predicted molar refractivity (Wildman–Crippen MR) is 50.0 cm³/mol. The van der Waals surface area contributed by atoms with Gasteiger partial charge in [0.15, 0.2) is 0 Å². The summed E-state index contributed by atoms with van der Waals surface area (Å²) in [6, 6.07) is 0. The maximum Gasteiger partial charge on any atom is 0.0525 e. The van der Waals surface area contributed by atoms with E-state index in [1.54, 1.807) is 0 Å². The Labute approximate surface area is 75.5 Å². The van der Waals surface area contributed by atoms with Gasteiger partial charge < -0.3 is 4.74 Å². The smallest absolute Gasteiger partial charge is 0.0525 e. The van der Waals surface area contributed by atoms with E-state index in [4.69, 9.17) is 4.74 Å². The Hall–Kier alpha value is -0.0400. The number of hydrogen-bond donors (Lipinski definition) is 0. The van der Waals surface area contributed by atoms with Gasteiger partial charge in [-0.3, -0.25) is 0 Å². The van der Waals surface area contributed by atoms with Gasteiger partial charge in [0.2, 0.25) is 0 Å². The lowest BCUT2D eigenvalue weighted by molar-refractivity contribution is -0.111. The third-order valence-electron chi connectivity index (χ3n) is 3.90. The third-order valence-corrected chi connectivity index (χ3v) is 3.90. The summed E-state index contributed by atoms with van der Waals surface area (Å²) in [7, 11) is 0. The highest BCUT2D eigenvalue weighted by molar-refractivity contribution is 4.96. The summed E-state index contributed by atoms with van der Waals surface area (Å²) >= 11 is 0. The van der Waals surface area contributed by atoms with Crippen LogP contribution in [0.25, 0.3) is 0 Å². The molecule has 1 aliphatic heterocycles. The van der Waals surface area contributed by atoms with Crippen molar-refractivity contribution in [1.29, 1.82) is 0 Å². The Morgan fingerprint density at radius 2 is 2.08 bits per heavy atom. The summed E-state index contributed by atoms with van der Waals surface area (Å²) < 4.78 is 5.61. The highest BCUT2D eigenvalue weighted by Gasteiger charge is 2.46. The summed E-state index contributed by atoms with van der Waals surface area (Å²) in [4.78, 5) is 0. The van der Waals surface area contributed by atoms with E-state index >= 15 is 0 Å². The van der Waals surface area contributed by atoms with Crippen molar-refractivity contribution in [3.05, 3.63) is 0 Å². The summed E-state index contributed by atoms with van der Waals surface area (Å²) in [5.41, 5.74) is 0.617. The fraction of sp³-hybridized carbons (Fsp3) is 1.00. The molecule has 1 saturated heterocycles. The van der Waals surface area contributed by atoms with Gasteiger partial charge in [-0.25, -0.2) is 0 Å². The maximum atomic E-state index is 5.61. The van der Waals surface area contributed by atoms with Crippen LogP contribution in [0.3, 0.4) is 0 Å². The second-order valence-corrected chi connectivity index (χ2v) is 4.91. The Morgan fingerprint density at radius 1 is 1.33 bits per heavy atom. The lowest BCUT2D eigenvalue weighted by Gasteiger charge is -2.52. The molecular weight excluding hydrogens is 148 g/mol. The Morgan fingerprint density at radius 3 is 2.50 bits per heavy atom. The average molecular weight is 168 g/mol. The van der Waals surface area contributed by atoms with Gasteiger partial charge in [0.05, 0.1) is 6.61 Å². The van der Waals surface area contributed by atoms with Gasteiger partial charge >= 0.3 is 0 Å². The predicted octanol–water partition coefficient (Wildman–Crippen LogP) is 2.85. The quantitative estimate of drug-likeness (QED) is 0.585. The van der Waals surface area contributed by atoms with Gasteiger partial charge in [-0.2, -0.15) is 0 Å². The van der Waals surface area contributed by atoms with E-state index in [9.17, 15) is 0 Å². The molecule has 0 N–H and O–H groups in total. The lowest BCUT2D eigenvalue weighted by Crippen LogP contribution is -2.47. The summed E-state index contributed by atoms with van der Waals surface area (Å²) in [6.07, 6.45) is 5.59. The molecule has 1 heterocycles. The van der Waals surface area contributed by atoms with Crippen LogP contribution in [0.2, 0.25) is 0 Å². The molecule has 70 valence electrons. The van der Waals surface area contributed by atoms with Crippen molar-refractivity contribution in [3.63, 3.8) is 0 Å². The zero-order valence-electron chi connectivity index (χ0n) is 8.31. The Balaban J connectivity index is 2.06. The van der Waals surface area contributed by atoms with Gasteiger partial charge in [0.1, 0.15) is 0 Å². The lowest BCUT2D eigenvalue weighted by atomic mass is 9.57. The molecule has 1 unspecified atom stereocenters. The molecule has 1 aliphatic carbocycles. The molecule has 1 saturated carbocycles. The molecule has 1 nitrogen and oxygen atoms in total. The number of hydrogen-bond acceptors (Lipinski definition) is 1. The molecule has 1 atom stereocenters. The van der Waals surface area contributed by atoms with Crippen LogP contribution in [-0.2, 0) is 4.74 Å². The standard InChI is InChI=1S/C11H20O/c1-9(2)10-4-7-12-8-11(10)5-3-6-11/h9-10H,3-8H2,1-2H3. The first kappa shape index (κ1) is 8.55. The van der Waals surface area contributed by atoms with Gasteiger partial charge in [-0.1, -0.05) is 20.3 Å². The normalized spacial score (nSPS) is 33.8. The van der Waals surface area contributed by atoms with Crippen LogP contribution < -0.4 is 0 Å². The molecule has 0 radical (unpaired) electrons. The second kappa shape index (κ2) is 3.02. The van der Waals surface area contributed by atoms with Crippen molar-refractivity contribution in [3.8, 4) is 0 Å². The minimum absolute atomic E-state index is 0.617. The van der Waals surface area contributed by atoms with Gasteiger partial charge in [-0.15, -0.1) is 0 Å². The van der Waals surface area contributed by atoms with E-state index in [1.807, 2.05) is 0 Å². The second-order valence-electron chi connectivity index (χ2n) is 4.91. The molecule has 0 aromatic rings. The topological polar surface area (TPSA) is 9.23 Å². The van der Waals surface area contributed by atoms with Crippen LogP contribution in [0, 0.1) is 17.3 Å². The van der Waals surface area contributed by atoms with E-state index in [2.05, 4.69) is 13.8 Å². The van der Waals surface area contributed by atoms with Gasteiger partial charge in [0, 0.05) is 6.61 Å². The maximum absolute atomic E-state index is 5.61. The first-order valence-corrected chi connectivity index (χ1v) is 5.32. The third kappa shape index (κ3) is 1.19. The highest BCUT2D eigenvalue weighted by atomic mass is 16.5. The average Bonchev–Trinajstić information content (AvgIpc) is 2.01. The van der Waals surface area contributed by atoms with E-state index in [0.717, 1.165) is 25.0 Å². The van der Waals surface area contributed by atoms with Crippen molar-refractivity contribution in [2.45, 2.75) is 39.5 Å². The summed E-state index contributed by atoms with van der Waals surface area (Å²) in [5.74, 6) is 1.80. The van der Waals surface area contributed by atoms with E-state index < -0.39 is 0 Å². The fourth-order valence-electron chi connectivity index (χ4n) is 3.09. The SMILES string of the molecule is CC(C)C1CCOCC12CCC2. The van der Waals surface area contributed by atoms with E-state index in [-0.39, 0.29) is 0 Å². The summed E-state index contributed by atoms with van der Waals surface area (Å²) in [6.45, 7) is 6.80. The van der Waals surface area contributed by atoms with Crippen LogP contribution in [0.1, 0.15) is 39.5 Å².